The molecule has 1 aliphatic heterocycles. The molecule has 1 aliphatic rings. The Morgan fingerprint density at radius 2 is 1.90 bits per heavy atom. The van der Waals surface area contributed by atoms with E-state index in [9.17, 15) is 0 Å². The topological polar surface area (TPSA) is 15.3 Å². The standard InChI is InChI=1S/C18H30N2/c1-5-12-18(3,4)20-14-17(19-13-16(20)6-2)15-10-8-7-9-11-15/h7-11,16-17,19H,5-6,12-14H2,1-4H3. The molecule has 0 aliphatic carbocycles. The average Bonchev–Trinajstić information content (AvgIpc) is 2.47. The van der Waals surface area contributed by atoms with Crippen LogP contribution in [0.2, 0.25) is 0 Å². The lowest BCUT2D eigenvalue weighted by atomic mass is 9.90. The zero-order valence-electron chi connectivity index (χ0n) is 13.5. The Morgan fingerprint density at radius 3 is 2.50 bits per heavy atom. The maximum absolute atomic E-state index is 3.74. The van der Waals surface area contributed by atoms with Gasteiger partial charge in [0.2, 0.25) is 0 Å². The molecule has 112 valence electrons. The van der Waals surface area contributed by atoms with Gasteiger partial charge in [0.15, 0.2) is 0 Å². The van der Waals surface area contributed by atoms with Gasteiger partial charge in [-0.25, -0.2) is 0 Å². The van der Waals surface area contributed by atoms with Crippen LogP contribution in [0.5, 0.6) is 0 Å². The van der Waals surface area contributed by atoms with Crippen molar-refractivity contribution in [1.29, 1.82) is 0 Å². The van der Waals surface area contributed by atoms with Crippen LogP contribution in [0, 0.1) is 0 Å². The smallest absolute Gasteiger partial charge is 0.0450 e. The van der Waals surface area contributed by atoms with E-state index in [0.717, 1.165) is 13.1 Å². The van der Waals surface area contributed by atoms with E-state index >= 15 is 0 Å². The lowest BCUT2D eigenvalue weighted by molar-refractivity contribution is 0.0227. The highest BCUT2D eigenvalue weighted by molar-refractivity contribution is 5.20. The fourth-order valence-corrected chi connectivity index (χ4v) is 3.57. The maximum atomic E-state index is 3.74. The van der Waals surface area contributed by atoms with Gasteiger partial charge in [0.25, 0.3) is 0 Å². The summed E-state index contributed by atoms with van der Waals surface area (Å²) in [5.74, 6) is 0. The minimum atomic E-state index is 0.296. The molecule has 0 aromatic heterocycles. The molecule has 1 heterocycles. The molecule has 0 bridgehead atoms. The fourth-order valence-electron chi connectivity index (χ4n) is 3.57. The van der Waals surface area contributed by atoms with Gasteiger partial charge in [-0.15, -0.1) is 0 Å². The molecule has 0 radical (unpaired) electrons. The lowest BCUT2D eigenvalue weighted by Gasteiger charge is -2.49. The van der Waals surface area contributed by atoms with Crippen LogP contribution in [-0.2, 0) is 0 Å². The molecule has 1 aromatic carbocycles. The van der Waals surface area contributed by atoms with E-state index in [2.05, 4.69) is 68.2 Å². The monoisotopic (exact) mass is 274 g/mol. The van der Waals surface area contributed by atoms with E-state index in [1.165, 1.54) is 24.8 Å². The van der Waals surface area contributed by atoms with Crippen molar-refractivity contribution in [2.75, 3.05) is 13.1 Å². The Bertz CT molecular complexity index is 399. The second kappa shape index (κ2) is 6.73. The molecule has 1 saturated heterocycles. The zero-order valence-corrected chi connectivity index (χ0v) is 13.5. The minimum Gasteiger partial charge on any atom is -0.307 e. The van der Waals surface area contributed by atoms with Crippen molar-refractivity contribution in [2.45, 2.75) is 64.6 Å². The first-order valence-corrected chi connectivity index (χ1v) is 8.13. The van der Waals surface area contributed by atoms with Gasteiger partial charge in [-0.3, -0.25) is 4.90 Å². The predicted molar refractivity (Wildman–Crippen MR) is 87.0 cm³/mol. The Hall–Kier alpha value is -0.860. The Labute approximate surface area is 124 Å². The molecule has 0 spiro atoms. The third-order valence-electron chi connectivity index (χ3n) is 4.73. The van der Waals surface area contributed by atoms with Crippen molar-refractivity contribution < 1.29 is 0 Å². The molecular formula is C18H30N2. The van der Waals surface area contributed by atoms with Gasteiger partial charge in [-0.1, -0.05) is 50.6 Å². The first kappa shape index (κ1) is 15.5. The zero-order chi connectivity index (χ0) is 14.6. The molecule has 20 heavy (non-hydrogen) atoms. The van der Waals surface area contributed by atoms with Crippen molar-refractivity contribution in [3.63, 3.8) is 0 Å². The summed E-state index contributed by atoms with van der Waals surface area (Å²) in [5, 5.41) is 3.74. The van der Waals surface area contributed by atoms with Gasteiger partial charge in [-0.05, 0) is 32.3 Å². The van der Waals surface area contributed by atoms with Gasteiger partial charge >= 0.3 is 0 Å². The van der Waals surface area contributed by atoms with Crippen LogP contribution in [-0.4, -0.2) is 29.6 Å². The quantitative estimate of drug-likeness (QED) is 0.873. The van der Waals surface area contributed by atoms with E-state index in [1.54, 1.807) is 0 Å². The molecule has 0 amide bonds. The molecule has 2 heteroatoms. The van der Waals surface area contributed by atoms with Crippen LogP contribution in [0.15, 0.2) is 30.3 Å². The number of piperazine rings is 1. The van der Waals surface area contributed by atoms with Crippen molar-refractivity contribution >= 4 is 0 Å². The molecule has 2 atom stereocenters. The molecule has 2 rings (SSSR count). The van der Waals surface area contributed by atoms with E-state index in [-0.39, 0.29) is 0 Å². The Morgan fingerprint density at radius 1 is 1.20 bits per heavy atom. The van der Waals surface area contributed by atoms with Crippen LogP contribution in [0.3, 0.4) is 0 Å². The third kappa shape index (κ3) is 3.42. The molecule has 1 fully saturated rings. The van der Waals surface area contributed by atoms with Gasteiger partial charge in [0.1, 0.15) is 0 Å². The summed E-state index contributed by atoms with van der Waals surface area (Å²) >= 11 is 0. The summed E-state index contributed by atoms with van der Waals surface area (Å²) in [6, 6.07) is 12.0. The number of rotatable bonds is 5. The summed E-state index contributed by atoms with van der Waals surface area (Å²) in [6.07, 6.45) is 3.75. The molecule has 1 aromatic rings. The number of hydrogen-bond donors (Lipinski definition) is 1. The van der Waals surface area contributed by atoms with Gasteiger partial charge in [-0.2, -0.15) is 0 Å². The predicted octanol–water partition coefficient (Wildman–Crippen LogP) is 3.99. The number of nitrogens with zero attached hydrogens (tertiary/aromatic N) is 1. The second-order valence-electron chi connectivity index (χ2n) is 6.65. The number of hydrogen-bond acceptors (Lipinski definition) is 2. The van der Waals surface area contributed by atoms with Crippen molar-refractivity contribution in [3.05, 3.63) is 35.9 Å². The van der Waals surface area contributed by atoms with Gasteiger partial charge in [0, 0.05) is 30.7 Å². The summed E-state index contributed by atoms with van der Waals surface area (Å²) in [7, 11) is 0. The summed E-state index contributed by atoms with van der Waals surface area (Å²) in [6.45, 7) is 11.6. The van der Waals surface area contributed by atoms with Crippen LogP contribution >= 0.6 is 0 Å². The minimum absolute atomic E-state index is 0.296. The van der Waals surface area contributed by atoms with Crippen LogP contribution in [0.1, 0.15) is 58.6 Å². The SMILES string of the molecule is CCCC(C)(C)N1CC(c2ccccc2)NCC1CC. The Kier molecular flexibility index (Phi) is 5.22. The maximum Gasteiger partial charge on any atom is 0.0450 e. The molecular weight excluding hydrogens is 244 g/mol. The highest BCUT2D eigenvalue weighted by atomic mass is 15.3. The number of benzene rings is 1. The third-order valence-corrected chi connectivity index (χ3v) is 4.73. The van der Waals surface area contributed by atoms with Crippen LogP contribution in [0.25, 0.3) is 0 Å². The molecule has 2 unspecified atom stereocenters. The molecule has 0 saturated carbocycles. The van der Waals surface area contributed by atoms with Gasteiger partial charge in [0.05, 0.1) is 0 Å². The highest BCUT2D eigenvalue weighted by Crippen LogP contribution is 2.30. The summed E-state index contributed by atoms with van der Waals surface area (Å²) in [4.78, 5) is 2.74. The first-order chi connectivity index (χ1) is 9.58. The Balaban J connectivity index is 2.15. The largest absolute Gasteiger partial charge is 0.307 e. The summed E-state index contributed by atoms with van der Waals surface area (Å²) < 4.78 is 0. The van der Waals surface area contributed by atoms with E-state index in [1.807, 2.05) is 0 Å². The molecule has 2 nitrogen and oxygen atoms in total. The first-order valence-electron chi connectivity index (χ1n) is 8.13. The molecule has 1 N–H and O–H groups in total. The fraction of sp³-hybridized carbons (Fsp3) is 0.667. The summed E-state index contributed by atoms with van der Waals surface area (Å²) in [5.41, 5.74) is 1.71. The van der Waals surface area contributed by atoms with Crippen LogP contribution < -0.4 is 5.32 Å². The van der Waals surface area contributed by atoms with E-state index in [0.29, 0.717) is 17.6 Å². The number of nitrogens with one attached hydrogen (secondary N) is 1. The normalized spacial score (nSPS) is 24.8. The van der Waals surface area contributed by atoms with Gasteiger partial charge < -0.3 is 5.32 Å². The highest BCUT2D eigenvalue weighted by Gasteiger charge is 2.36. The van der Waals surface area contributed by atoms with Crippen molar-refractivity contribution in [2.24, 2.45) is 0 Å². The second-order valence-corrected chi connectivity index (χ2v) is 6.65. The van der Waals surface area contributed by atoms with E-state index < -0.39 is 0 Å². The van der Waals surface area contributed by atoms with Crippen molar-refractivity contribution in [1.82, 2.24) is 10.2 Å². The van der Waals surface area contributed by atoms with Crippen molar-refractivity contribution in [3.8, 4) is 0 Å². The lowest BCUT2D eigenvalue weighted by Crippen LogP contribution is -2.59. The van der Waals surface area contributed by atoms with Crippen LogP contribution in [0.4, 0.5) is 0 Å². The van der Waals surface area contributed by atoms with E-state index in [4.69, 9.17) is 0 Å². The average molecular weight is 274 g/mol.